The summed E-state index contributed by atoms with van der Waals surface area (Å²) < 4.78 is 5.09. The van der Waals surface area contributed by atoms with Crippen molar-refractivity contribution < 1.29 is 15.2 Å². The second-order valence-electron chi connectivity index (χ2n) is 4.19. The molecule has 3 N–H and O–H groups in total. The largest absolute Gasteiger partial charge is 0.504 e. The summed E-state index contributed by atoms with van der Waals surface area (Å²) in [6.45, 7) is 1.82. The molecule has 0 atom stereocenters. The van der Waals surface area contributed by atoms with Crippen LogP contribution in [0.25, 0.3) is 0 Å². The number of hydrogen-bond acceptors (Lipinski definition) is 2. The Morgan fingerprint density at radius 1 is 1.00 bits per heavy atom. The molecule has 0 saturated heterocycles. The highest BCUT2D eigenvalue weighted by atomic mass is 16.5. The van der Waals surface area contributed by atoms with Crippen molar-refractivity contribution in [2.45, 2.75) is 13.1 Å². The van der Waals surface area contributed by atoms with E-state index in [-0.39, 0.29) is 5.75 Å². The Morgan fingerprint density at radius 2 is 1.72 bits per heavy atom. The van der Waals surface area contributed by atoms with Crippen LogP contribution in [0.3, 0.4) is 0 Å². The van der Waals surface area contributed by atoms with Crippen LogP contribution in [0.15, 0.2) is 48.5 Å². The number of phenolic OH excluding ortho intramolecular Hbond substituents is 1. The highest BCUT2D eigenvalue weighted by Gasteiger charge is 2.03. The minimum absolute atomic E-state index is 0.185. The Balaban J connectivity index is 1.91. The number of hydrogen-bond donors (Lipinski definition) is 2. The minimum Gasteiger partial charge on any atom is -0.504 e. The van der Waals surface area contributed by atoms with E-state index in [0.717, 1.165) is 18.7 Å². The van der Waals surface area contributed by atoms with Gasteiger partial charge in [-0.1, -0.05) is 30.3 Å². The van der Waals surface area contributed by atoms with Crippen molar-refractivity contribution in [1.29, 1.82) is 0 Å². The van der Waals surface area contributed by atoms with Gasteiger partial charge in [-0.05, 0) is 18.2 Å². The predicted molar refractivity (Wildman–Crippen MR) is 70.4 cm³/mol. The lowest BCUT2D eigenvalue weighted by Crippen LogP contribution is -2.80. The zero-order chi connectivity index (χ0) is 12.8. The molecule has 0 spiro atoms. The first-order valence-electron chi connectivity index (χ1n) is 6.01. The van der Waals surface area contributed by atoms with Crippen LogP contribution in [0, 0.1) is 0 Å². The SMILES string of the molecule is COc1cc(C[NH2+]Cc2ccccc2)ccc1O. The Bertz CT molecular complexity index is 497. The molecule has 3 nitrogen and oxygen atoms in total. The molecule has 0 bridgehead atoms. The van der Waals surface area contributed by atoms with E-state index in [0.29, 0.717) is 5.75 Å². The standard InChI is InChI=1S/C15H17NO2/c1-18-15-9-13(7-8-14(15)17)11-16-10-12-5-3-2-4-6-12/h2-9,16-17H,10-11H2,1H3/p+1. The monoisotopic (exact) mass is 244 g/mol. The Hall–Kier alpha value is -2.00. The van der Waals surface area contributed by atoms with Gasteiger partial charge in [0, 0.05) is 11.1 Å². The van der Waals surface area contributed by atoms with Crippen LogP contribution in [0.5, 0.6) is 11.5 Å². The van der Waals surface area contributed by atoms with Crippen molar-refractivity contribution in [3.05, 3.63) is 59.7 Å². The zero-order valence-corrected chi connectivity index (χ0v) is 10.5. The molecule has 0 heterocycles. The lowest BCUT2D eigenvalue weighted by Gasteiger charge is -2.06. The molecule has 94 valence electrons. The maximum Gasteiger partial charge on any atom is 0.160 e. The normalized spacial score (nSPS) is 10.3. The smallest absolute Gasteiger partial charge is 0.160 e. The third-order valence-electron chi connectivity index (χ3n) is 2.85. The van der Waals surface area contributed by atoms with E-state index < -0.39 is 0 Å². The van der Waals surface area contributed by atoms with Crippen LogP contribution in [0.2, 0.25) is 0 Å². The van der Waals surface area contributed by atoms with Crippen LogP contribution in [-0.2, 0) is 13.1 Å². The van der Waals surface area contributed by atoms with Crippen LogP contribution in [0.1, 0.15) is 11.1 Å². The number of quaternary nitrogens is 1. The number of aromatic hydroxyl groups is 1. The summed E-state index contributed by atoms with van der Waals surface area (Å²) in [7, 11) is 1.56. The molecule has 0 fully saturated rings. The molecule has 0 aromatic heterocycles. The summed E-state index contributed by atoms with van der Waals surface area (Å²) in [5, 5.41) is 11.7. The summed E-state index contributed by atoms with van der Waals surface area (Å²) >= 11 is 0. The molecule has 0 radical (unpaired) electrons. The average molecular weight is 244 g/mol. The summed E-state index contributed by atoms with van der Waals surface area (Å²) in [5.74, 6) is 0.713. The van der Waals surface area contributed by atoms with Crippen molar-refractivity contribution in [2.24, 2.45) is 0 Å². The van der Waals surface area contributed by atoms with E-state index in [4.69, 9.17) is 4.74 Å². The topological polar surface area (TPSA) is 46.1 Å². The number of methoxy groups -OCH3 is 1. The first-order chi connectivity index (χ1) is 8.79. The molecule has 2 rings (SSSR count). The maximum absolute atomic E-state index is 9.50. The molecule has 0 aliphatic heterocycles. The number of ether oxygens (including phenoxy) is 1. The van der Waals surface area contributed by atoms with Gasteiger partial charge in [-0.15, -0.1) is 0 Å². The van der Waals surface area contributed by atoms with Gasteiger partial charge in [0.1, 0.15) is 13.1 Å². The molecule has 2 aromatic carbocycles. The second-order valence-corrected chi connectivity index (χ2v) is 4.19. The Kier molecular flexibility index (Phi) is 4.20. The molecule has 0 aliphatic rings. The van der Waals surface area contributed by atoms with E-state index in [1.165, 1.54) is 5.56 Å². The quantitative estimate of drug-likeness (QED) is 0.840. The molecule has 18 heavy (non-hydrogen) atoms. The van der Waals surface area contributed by atoms with Crippen LogP contribution in [-0.4, -0.2) is 12.2 Å². The molecule has 2 aromatic rings. The van der Waals surface area contributed by atoms with Gasteiger partial charge >= 0.3 is 0 Å². The van der Waals surface area contributed by atoms with Gasteiger partial charge in [-0.3, -0.25) is 0 Å². The zero-order valence-electron chi connectivity index (χ0n) is 10.5. The highest BCUT2D eigenvalue weighted by Crippen LogP contribution is 2.25. The predicted octanol–water partition coefficient (Wildman–Crippen LogP) is 1.66. The third kappa shape index (κ3) is 3.25. The van der Waals surface area contributed by atoms with E-state index in [1.54, 1.807) is 13.2 Å². The summed E-state index contributed by atoms with van der Waals surface area (Å²) in [5.41, 5.74) is 2.45. The summed E-state index contributed by atoms with van der Waals surface area (Å²) in [4.78, 5) is 0. The maximum atomic E-state index is 9.50. The van der Waals surface area contributed by atoms with Gasteiger partial charge in [0.25, 0.3) is 0 Å². The van der Waals surface area contributed by atoms with Gasteiger partial charge < -0.3 is 15.2 Å². The van der Waals surface area contributed by atoms with Crippen LogP contribution < -0.4 is 10.1 Å². The molecule has 0 amide bonds. The molecular weight excluding hydrogens is 226 g/mol. The first kappa shape index (κ1) is 12.5. The van der Waals surface area contributed by atoms with E-state index in [2.05, 4.69) is 17.4 Å². The van der Waals surface area contributed by atoms with Crippen molar-refractivity contribution in [3.63, 3.8) is 0 Å². The van der Waals surface area contributed by atoms with E-state index in [9.17, 15) is 5.11 Å². The van der Waals surface area contributed by atoms with Gasteiger partial charge in [0.2, 0.25) is 0 Å². The summed E-state index contributed by atoms with van der Waals surface area (Å²) in [6.07, 6.45) is 0. The van der Waals surface area contributed by atoms with Gasteiger partial charge in [-0.2, -0.15) is 0 Å². The van der Waals surface area contributed by atoms with Crippen molar-refractivity contribution in [2.75, 3.05) is 7.11 Å². The molecule has 3 heteroatoms. The fourth-order valence-electron chi connectivity index (χ4n) is 1.87. The van der Waals surface area contributed by atoms with E-state index in [1.807, 2.05) is 30.3 Å². The Morgan fingerprint density at radius 3 is 2.44 bits per heavy atom. The fourth-order valence-corrected chi connectivity index (χ4v) is 1.87. The summed E-state index contributed by atoms with van der Waals surface area (Å²) in [6, 6.07) is 15.8. The molecule has 0 saturated carbocycles. The fraction of sp³-hybridized carbons (Fsp3) is 0.200. The van der Waals surface area contributed by atoms with Crippen molar-refractivity contribution in [1.82, 2.24) is 0 Å². The Labute approximate surface area is 107 Å². The molecular formula is C15H18NO2+. The minimum atomic E-state index is 0.185. The van der Waals surface area contributed by atoms with Gasteiger partial charge in [-0.25, -0.2) is 0 Å². The average Bonchev–Trinajstić information content (AvgIpc) is 2.42. The lowest BCUT2D eigenvalue weighted by atomic mass is 10.2. The van der Waals surface area contributed by atoms with Crippen LogP contribution in [0.4, 0.5) is 0 Å². The van der Waals surface area contributed by atoms with Crippen LogP contribution >= 0.6 is 0 Å². The number of nitrogens with two attached hydrogens (primary N) is 1. The highest BCUT2D eigenvalue weighted by molar-refractivity contribution is 5.41. The molecule has 0 aliphatic carbocycles. The van der Waals surface area contributed by atoms with E-state index >= 15 is 0 Å². The van der Waals surface area contributed by atoms with Gasteiger partial charge in [0.15, 0.2) is 11.5 Å². The first-order valence-corrected chi connectivity index (χ1v) is 6.01. The number of rotatable bonds is 5. The third-order valence-corrected chi connectivity index (χ3v) is 2.85. The number of benzene rings is 2. The van der Waals surface area contributed by atoms with Gasteiger partial charge in [0.05, 0.1) is 7.11 Å². The lowest BCUT2D eigenvalue weighted by molar-refractivity contribution is -0.686. The van der Waals surface area contributed by atoms with Crippen molar-refractivity contribution >= 4 is 0 Å². The van der Waals surface area contributed by atoms with Crippen molar-refractivity contribution in [3.8, 4) is 11.5 Å². The molecule has 0 unspecified atom stereocenters. The number of phenols is 1. The second kappa shape index (κ2) is 6.07.